The Bertz CT molecular complexity index is 950. The summed E-state index contributed by atoms with van der Waals surface area (Å²) in [6.45, 7) is 11.9. The van der Waals surface area contributed by atoms with E-state index in [1.807, 2.05) is 43.3 Å². The lowest BCUT2D eigenvalue weighted by Crippen LogP contribution is -2.60. The van der Waals surface area contributed by atoms with E-state index < -0.39 is 17.3 Å². The van der Waals surface area contributed by atoms with Crippen molar-refractivity contribution in [2.75, 3.05) is 6.61 Å². The number of fused-ring (bicyclic) bond motifs is 1. The predicted molar refractivity (Wildman–Crippen MR) is 142 cm³/mol. The number of ether oxygens (including phenoxy) is 4. The molecule has 196 valence electrons. The van der Waals surface area contributed by atoms with E-state index in [4.69, 9.17) is 18.9 Å². The second-order valence-electron chi connectivity index (χ2n) is 10.8. The van der Waals surface area contributed by atoms with Crippen molar-refractivity contribution in [3.05, 3.63) is 84.4 Å². The monoisotopic (exact) mass is 494 g/mol. The molecule has 5 heteroatoms. The number of aliphatic hydroxyl groups is 1. The summed E-state index contributed by atoms with van der Waals surface area (Å²) in [5.74, 6) is 0.216. The van der Waals surface area contributed by atoms with E-state index in [9.17, 15) is 5.11 Å². The van der Waals surface area contributed by atoms with Crippen LogP contribution >= 0.6 is 0 Å². The number of rotatable bonds is 10. The van der Waals surface area contributed by atoms with Crippen molar-refractivity contribution in [1.82, 2.24) is 0 Å². The van der Waals surface area contributed by atoms with E-state index in [-0.39, 0.29) is 24.2 Å². The normalized spacial score (nSPS) is 33.3. The molecule has 5 nitrogen and oxygen atoms in total. The first kappa shape index (κ1) is 27.0. The molecule has 7 atom stereocenters. The minimum atomic E-state index is -0.786. The van der Waals surface area contributed by atoms with Crippen molar-refractivity contribution in [1.29, 1.82) is 0 Å². The van der Waals surface area contributed by atoms with Gasteiger partial charge in [0.05, 0.1) is 43.2 Å². The second kappa shape index (κ2) is 12.0. The minimum Gasteiger partial charge on any atom is -0.390 e. The van der Waals surface area contributed by atoms with Gasteiger partial charge in [-0.3, -0.25) is 0 Å². The van der Waals surface area contributed by atoms with Crippen molar-refractivity contribution in [2.45, 2.75) is 95.3 Å². The summed E-state index contributed by atoms with van der Waals surface area (Å²) in [6.07, 6.45) is 3.63. The summed E-state index contributed by atoms with van der Waals surface area (Å²) in [6, 6.07) is 20.5. The standard InChI is InChI=1S/C31H42O5/c1-5-30(3)27(32)20-28-31(4,36-30)18-16-26(34-22-25-14-10-7-11-15-25)29(35-28)23(2)17-19-33-21-24-12-8-6-9-13-24/h5-15,23,26-29,32H,1,16-22H2,2-4H3/t23-,26+,27-,28+,29-,30+,31-/m1/s1. The van der Waals surface area contributed by atoms with Gasteiger partial charge < -0.3 is 24.1 Å². The van der Waals surface area contributed by atoms with E-state index in [1.165, 1.54) is 5.56 Å². The van der Waals surface area contributed by atoms with Crippen LogP contribution < -0.4 is 0 Å². The van der Waals surface area contributed by atoms with Gasteiger partial charge in [-0.25, -0.2) is 0 Å². The summed E-state index contributed by atoms with van der Waals surface area (Å²) < 4.78 is 25.8. The molecule has 2 fully saturated rings. The molecule has 2 aromatic rings. The molecule has 0 aliphatic carbocycles. The number of hydrogen-bond donors (Lipinski definition) is 1. The minimum absolute atomic E-state index is 0.0764. The maximum Gasteiger partial charge on any atom is 0.110 e. The molecule has 2 aliphatic heterocycles. The van der Waals surface area contributed by atoms with Crippen LogP contribution in [0, 0.1) is 5.92 Å². The third-order valence-corrected chi connectivity index (χ3v) is 7.95. The van der Waals surface area contributed by atoms with E-state index in [1.54, 1.807) is 6.08 Å². The van der Waals surface area contributed by atoms with Crippen molar-refractivity contribution in [3.63, 3.8) is 0 Å². The zero-order valence-electron chi connectivity index (χ0n) is 22.0. The first-order valence-corrected chi connectivity index (χ1v) is 13.3. The molecule has 0 radical (unpaired) electrons. The Labute approximate surface area is 216 Å². The van der Waals surface area contributed by atoms with Crippen LogP contribution in [0.2, 0.25) is 0 Å². The van der Waals surface area contributed by atoms with Gasteiger partial charge in [0.15, 0.2) is 0 Å². The highest BCUT2D eigenvalue weighted by Crippen LogP contribution is 2.44. The molecule has 0 bridgehead atoms. The molecule has 1 N–H and O–H groups in total. The molecule has 0 saturated carbocycles. The Morgan fingerprint density at radius 3 is 2.33 bits per heavy atom. The Morgan fingerprint density at radius 1 is 1.06 bits per heavy atom. The largest absolute Gasteiger partial charge is 0.390 e. The molecule has 0 aromatic heterocycles. The van der Waals surface area contributed by atoms with Crippen molar-refractivity contribution in [2.24, 2.45) is 5.92 Å². The maximum absolute atomic E-state index is 10.9. The molecule has 2 saturated heterocycles. The fourth-order valence-electron chi connectivity index (χ4n) is 5.44. The molecule has 0 amide bonds. The van der Waals surface area contributed by atoms with E-state index in [0.29, 0.717) is 26.2 Å². The number of benzene rings is 2. The number of aliphatic hydroxyl groups excluding tert-OH is 1. The lowest BCUT2D eigenvalue weighted by molar-refractivity contribution is -0.264. The molecule has 2 aromatic carbocycles. The van der Waals surface area contributed by atoms with Gasteiger partial charge in [-0.15, -0.1) is 6.58 Å². The van der Waals surface area contributed by atoms with Gasteiger partial charge in [0, 0.05) is 13.0 Å². The smallest absolute Gasteiger partial charge is 0.110 e. The van der Waals surface area contributed by atoms with Gasteiger partial charge in [-0.1, -0.05) is 73.7 Å². The Hall–Kier alpha value is -2.02. The van der Waals surface area contributed by atoms with Gasteiger partial charge >= 0.3 is 0 Å². The van der Waals surface area contributed by atoms with Crippen LogP contribution in [0.25, 0.3) is 0 Å². The van der Waals surface area contributed by atoms with Gasteiger partial charge in [-0.2, -0.15) is 0 Å². The zero-order valence-corrected chi connectivity index (χ0v) is 22.0. The Balaban J connectivity index is 1.45. The van der Waals surface area contributed by atoms with Crippen molar-refractivity contribution < 1.29 is 24.1 Å². The fraction of sp³-hybridized carbons (Fsp3) is 0.548. The average Bonchev–Trinajstić information content (AvgIpc) is 3.03. The van der Waals surface area contributed by atoms with E-state index in [2.05, 4.69) is 44.7 Å². The van der Waals surface area contributed by atoms with Gasteiger partial charge in [0.2, 0.25) is 0 Å². The molecule has 2 aliphatic rings. The van der Waals surface area contributed by atoms with E-state index >= 15 is 0 Å². The summed E-state index contributed by atoms with van der Waals surface area (Å²) in [4.78, 5) is 0. The molecular weight excluding hydrogens is 452 g/mol. The first-order chi connectivity index (χ1) is 17.3. The molecule has 0 unspecified atom stereocenters. The van der Waals surface area contributed by atoms with Crippen LogP contribution in [0.5, 0.6) is 0 Å². The maximum atomic E-state index is 10.9. The number of hydrogen-bond acceptors (Lipinski definition) is 5. The highest BCUT2D eigenvalue weighted by Gasteiger charge is 2.53. The lowest BCUT2D eigenvalue weighted by atomic mass is 9.80. The second-order valence-corrected chi connectivity index (χ2v) is 10.8. The van der Waals surface area contributed by atoms with Gasteiger partial charge in [-0.05, 0) is 50.2 Å². The summed E-state index contributed by atoms with van der Waals surface area (Å²) >= 11 is 0. The molecular formula is C31H42O5. The molecule has 2 heterocycles. The SMILES string of the molecule is C=C[C@]1(C)O[C@]2(C)CC[C@H](OCc3ccccc3)[C@@H]([C@H](C)CCOCc3ccccc3)O[C@H]2C[C@H]1O. The van der Waals surface area contributed by atoms with Crippen LogP contribution in [0.3, 0.4) is 0 Å². The summed E-state index contributed by atoms with van der Waals surface area (Å²) in [5.41, 5.74) is 1.02. The first-order valence-electron chi connectivity index (χ1n) is 13.3. The van der Waals surface area contributed by atoms with Crippen LogP contribution in [0.15, 0.2) is 73.3 Å². The van der Waals surface area contributed by atoms with Crippen LogP contribution in [-0.4, -0.2) is 47.3 Å². The molecule has 0 spiro atoms. The highest BCUT2D eigenvalue weighted by atomic mass is 16.6. The topological polar surface area (TPSA) is 57.2 Å². The molecule has 36 heavy (non-hydrogen) atoms. The highest BCUT2D eigenvalue weighted by molar-refractivity contribution is 5.14. The summed E-state index contributed by atoms with van der Waals surface area (Å²) in [7, 11) is 0. The lowest BCUT2D eigenvalue weighted by Gasteiger charge is -2.50. The quantitative estimate of drug-likeness (QED) is 0.332. The fourth-order valence-corrected chi connectivity index (χ4v) is 5.44. The Morgan fingerprint density at radius 2 is 1.69 bits per heavy atom. The Kier molecular flexibility index (Phi) is 9.02. The predicted octanol–water partition coefficient (Wildman–Crippen LogP) is 5.85. The van der Waals surface area contributed by atoms with Crippen molar-refractivity contribution in [3.8, 4) is 0 Å². The van der Waals surface area contributed by atoms with E-state index in [0.717, 1.165) is 24.8 Å². The summed E-state index contributed by atoms with van der Waals surface area (Å²) in [5, 5.41) is 10.9. The third-order valence-electron chi connectivity index (χ3n) is 7.95. The average molecular weight is 495 g/mol. The van der Waals surface area contributed by atoms with Gasteiger partial charge in [0.25, 0.3) is 0 Å². The van der Waals surface area contributed by atoms with Crippen LogP contribution in [-0.2, 0) is 32.2 Å². The molecule has 4 rings (SSSR count). The van der Waals surface area contributed by atoms with Gasteiger partial charge in [0.1, 0.15) is 5.60 Å². The van der Waals surface area contributed by atoms with Crippen molar-refractivity contribution >= 4 is 0 Å². The van der Waals surface area contributed by atoms with Crippen LogP contribution in [0.4, 0.5) is 0 Å². The third kappa shape index (κ3) is 6.45. The zero-order chi connectivity index (χ0) is 25.6. The van der Waals surface area contributed by atoms with Crippen LogP contribution in [0.1, 0.15) is 57.6 Å².